The summed E-state index contributed by atoms with van der Waals surface area (Å²) < 4.78 is 0. The minimum absolute atomic E-state index is 0.433. The van der Waals surface area contributed by atoms with Gasteiger partial charge in [-0.2, -0.15) is 0 Å². The normalized spacial score (nSPS) is 16.7. The molecule has 0 fully saturated rings. The molecule has 0 aliphatic carbocycles. The summed E-state index contributed by atoms with van der Waals surface area (Å²) in [6.45, 7) is 2.45. The molecule has 0 aromatic heterocycles. The number of carbonyl (C=O) groups is 3. The fourth-order valence-electron chi connectivity index (χ4n) is 2.07. The number of hydrogen-bond acceptors (Lipinski definition) is 3. The Morgan fingerprint density at radius 1 is 1.32 bits per heavy atom. The van der Waals surface area contributed by atoms with Crippen molar-refractivity contribution >= 4 is 23.3 Å². The lowest BCUT2D eigenvalue weighted by molar-refractivity contribution is -0.140. The first-order valence-corrected chi connectivity index (χ1v) is 6.37. The SMILES string of the molecule is CCCCNC(=O)C(=O)C1C(=O)Nc2ccccc21. The van der Waals surface area contributed by atoms with Crippen LogP contribution in [0.4, 0.5) is 5.69 Å². The number of unbranched alkanes of at least 4 members (excludes halogenated alkanes) is 1. The van der Waals surface area contributed by atoms with E-state index in [9.17, 15) is 14.4 Å². The van der Waals surface area contributed by atoms with Crippen molar-refractivity contribution in [2.75, 3.05) is 11.9 Å². The number of fused-ring (bicyclic) bond motifs is 1. The lowest BCUT2D eigenvalue weighted by atomic mass is 9.95. The van der Waals surface area contributed by atoms with Crippen LogP contribution < -0.4 is 10.6 Å². The molecule has 1 aromatic rings. The molecule has 0 saturated heterocycles. The van der Waals surface area contributed by atoms with E-state index < -0.39 is 23.5 Å². The van der Waals surface area contributed by atoms with Crippen molar-refractivity contribution in [3.05, 3.63) is 29.8 Å². The molecule has 0 spiro atoms. The zero-order valence-corrected chi connectivity index (χ0v) is 10.7. The number of Topliss-reactive ketones (excluding diaryl/α,β-unsaturated/α-hetero) is 1. The number of anilines is 1. The maximum absolute atomic E-state index is 12.0. The van der Waals surface area contributed by atoms with Gasteiger partial charge in [-0.1, -0.05) is 31.5 Å². The van der Waals surface area contributed by atoms with Crippen LogP contribution in [-0.4, -0.2) is 24.1 Å². The molecule has 100 valence electrons. The summed E-state index contributed by atoms with van der Waals surface area (Å²) in [7, 11) is 0. The fourth-order valence-corrected chi connectivity index (χ4v) is 2.07. The molecular weight excluding hydrogens is 244 g/mol. The molecule has 1 atom stereocenters. The van der Waals surface area contributed by atoms with Gasteiger partial charge in [0.1, 0.15) is 5.92 Å². The van der Waals surface area contributed by atoms with Gasteiger partial charge >= 0.3 is 0 Å². The molecule has 0 radical (unpaired) electrons. The first kappa shape index (κ1) is 13.3. The van der Waals surface area contributed by atoms with Crippen molar-refractivity contribution in [2.45, 2.75) is 25.7 Å². The minimum Gasteiger partial charge on any atom is -0.349 e. The predicted octanol–water partition coefficient (Wildman–Crippen LogP) is 1.21. The van der Waals surface area contributed by atoms with Gasteiger partial charge in [0.15, 0.2) is 0 Å². The Morgan fingerprint density at radius 3 is 2.79 bits per heavy atom. The van der Waals surface area contributed by atoms with Crippen molar-refractivity contribution in [1.82, 2.24) is 5.32 Å². The van der Waals surface area contributed by atoms with Crippen LogP contribution in [0.25, 0.3) is 0 Å². The smallest absolute Gasteiger partial charge is 0.288 e. The van der Waals surface area contributed by atoms with Crippen LogP contribution in [0.3, 0.4) is 0 Å². The Labute approximate surface area is 111 Å². The molecule has 1 aromatic carbocycles. The highest BCUT2D eigenvalue weighted by atomic mass is 16.2. The monoisotopic (exact) mass is 260 g/mol. The van der Waals surface area contributed by atoms with Crippen LogP contribution in [0.5, 0.6) is 0 Å². The average molecular weight is 260 g/mol. The third-order valence-corrected chi connectivity index (χ3v) is 3.09. The topological polar surface area (TPSA) is 75.3 Å². The molecule has 19 heavy (non-hydrogen) atoms. The summed E-state index contributed by atoms with van der Waals surface area (Å²) in [5.74, 6) is -2.83. The van der Waals surface area contributed by atoms with Crippen molar-refractivity contribution in [3.8, 4) is 0 Å². The number of para-hydroxylation sites is 1. The third-order valence-electron chi connectivity index (χ3n) is 3.09. The van der Waals surface area contributed by atoms with E-state index in [0.717, 1.165) is 12.8 Å². The van der Waals surface area contributed by atoms with E-state index in [1.165, 1.54) is 0 Å². The molecule has 5 heteroatoms. The molecule has 1 heterocycles. The average Bonchev–Trinajstić information content (AvgIpc) is 2.74. The second-order valence-corrected chi connectivity index (χ2v) is 4.48. The maximum Gasteiger partial charge on any atom is 0.288 e. The Kier molecular flexibility index (Phi) is 3.94. The molecule has 0 saturated carbocycles. The van der Waals surface area contributed by atoms with E-state index in [1.54, 1.807) is 24.3 Å². The molecule has 2 amide bonds. The lowest BCUT2D eigenvalue weighted by Gasteiger charge is -2.08. The zero-order chi connectivity index (χ0) is 13.8. The Bertz CT molecular complexity index is 525. The molecule has 0 bridgehead atoms. The van der Waals surface area contributed by atoms with E-state index in [2.05, 4.69) is 10.6 Å². The van der Waals surface area contributed by atoms with Gasteiger partial charge in [-0.25, -0.2) is 0 Å². The molecule has 2 rings (SSSR count). The molecule has 1 unspecified atom stereocenters. The van der Waals surface area contributed by atoms with E-state index in [0.29, 0.717) is 17.8 Å². The Hall–Kier alpha value is -2.17. The fraction of sp³-hybridized carbons (Fsp3) is 0.357. The second kappa shape index (κ2) is 5.65. The largest absolute Gasteiger partial charge is 0.349 e. The summed E-state index contributed by atoms with van der Waals surface area (Å²) in [6, 6.07) is 6.92. The van der Waals surface area contributed by atoms with Gasteiger partial charge in [0, 0.05) is 12.2 Å². The van der Waals surface area contributed by atoms with E-state index in [1.807, 2.05) is 6.92 Å². The van der Waals surface area contributed by atoms with Crippen LogP contribution in [0.2, 0.25) is 0 Å². The summed E-state index contributed by atoms with van der Waals surface area (Å²) in [6.07, 6.45) is 1.74. The lowest BCUT2D eigenvalue weighted by Crippen LogP contribution is -2.37. The predicted molar refractivity (Wildman–Crippen MR) is 70.7 cm³/mol. The summed E-state index contributed by atoms with van der Waals surface area (Å²) in [5.41, 5.74) is 1.18. The van der Waals surface area contributed by atoms with Gasteiger partial charge < -0.3 is 10.6 Å². The zero-order valence-electron chi connectivity index (χ0n) is 10.7. The second-order valence-electron chi connectivity index (χ2n) is 4.48. The van der Waals surface area contributed by atoms with Gasteiger partial charge in [-0.05, 0) is 18.1 Å². The van der Waals surface area contributed by atoms with E-state index in [4.69, 9.17) is 0 Å². The van der Waals surface area contributed by atoms with Gasteiger partial charge in [0.2, 0.25) is 11.7 Å². The number of amides is 2. The number of benzene rings is 1. The molecule has 2 N–H and O–H groups in total. The first-order valence-electron chi connectivity index (χ1n) is 6.37. The van der Waals surface area contributed by atoms with Crippen molar-refractivity contribution in [3.63, 3.8) is 0 Å². The summed E-state index contributed by atoms with van der Waals surface area (Å²) in [5, 5.41) is 5.15. The first-order chi connectivity index (χ1) is 9.15. The van der Waals surface area contributed by atoms with Gasteiger partial charge in [-0.3, -0.25) is 14.4 Å². The highest BCUT2D eigenvalue weighted by Gasteiger charge is 2.39. The standard InChI is InChI=1S/C14H16N2O3/c1-2-3-8-15-14(19)12(17)11-9-6-4-5-7-10(9)16-13(11)18/h4-7,11H,2-3,8H2,1H3,(H,15,19)(H,16,18). The Balaban J connectivity index is 2.11. The van der Waals surface area contributed by atoms with E-state index in [-0.39, 0.29) is 0 Å². The van der Waals surface area contributed by atoms with Gasteiger partial charge in [0.25, 0.3) is 5.91 Å². The van der Waals surface area contributed by atoms with Crippen LogP contribution in [0.1, 0.15) is 31.2 Å². The molecule has 1 aliphatic rings. The summed E-state index contributed by atoms with van der Waals surface area (Å²) >= 11 is 0. The number of rotatable bonds is 5. The number of ketones is 1. The van der Waals surface area contributed by atoms with Crippen LogP contribution in [-0.2, 0) is 14.4 Å². The Morgan fingerprint density at radius 2 is 2.05 bits per heavy atom. The number of hydrogen-bond donors (Lipinski definition) is 2. The van der Waals surface area contributed by atoms with Crippen molar-refractivity contribution < 1.29 is 14.4 Å². The van der Waals surface area contributed by atoms with Crippen LogP contribution >= 0.6 is 0 Å². The highest BCUT2D eigenvalue weighted by molar-refractivity contribution is 6.44. The summed E-state index contributed by atoms with van der Waals surface area (Å²) in [4.78, 5) is 35.6. The highest BCUT2D eigenvalue weighted by Crippen LogP contribution is 2.32. The molecular formula is C14H16N2O3. The molecule has 5 nitrogen and oxygen atoms in total. The maximum atomic E-state index is 12.0. The molecule has 1 aliphatic heterocycles. The van der Waals surface area contributed by atoms with Gasteiger partial charge in [0.05, 0.1) is 0 Å². The van der Waals surface area contributed by atoms with Crippen LogP contribution in [0, 0.1) is 0 Å². The van der Waals surface area contributed by atoms with Gasteiger partial charge in [-0.15, -0.1) is 0 Å². The number of carbonyl (C=O) groups excluding carboxylic acids is 3. The third kappa shape index (κ3) is 2.65. The van der Waals surface area contributed by atoms with E-state index >= 15 is 0 Å². The van der Waals surface area contributed by atoms with Crippen molar-refractivity contribution in [2.24, 2.45) is 0 Å². The quantitative estimate of drug-likeness (QED) is 0.474. The number of nitrogens with one attached hydrogen (secondary N) is 2. The van der Waals surface area contributed by atoms with Crippen molar-refractivity contribution in [1.29, 1.82) is 0 Å². The minimum atomic E-state index is -1.02. The van der Waals surface area contributed by atoms with Crippen LogP contribution in [0.15, 0.2) is 24.3 Å².